The lowest BCUT2D eigenvalue weighted by molar-refractivity contribution is 0.256. The molecular formula is C14H15BrN2O2S. The Morgan fingerprint density at radius 2 is 2.05 bits per heavy atom. The van der Waals surface area contributed by atoms with Crippen molar-refractivity contribution in [1.82, 2.24) is 9.71 Å². The fourth-order valence-electron chi connectivity index (χ4n) is 2.52. The zero-order chi connectivity index (χ0) is 14.2. The van der Waals surface area contributed by atoms with E-state index in [1.54, 1.807) is 30.5 Å². The van der Waals surface area contributed by atoms with E-state index in [-0.39, 0.29) is 5.54 Å². The molecule has 0 saturated heterocycles. The van der Waals surface area contributed by atoms with Gasteiger partial charge in [-0.1, -0.05) is 22.0 Å². The molecule has 0 spiro atoms. The highest BCUT2D eigenvalue weighted by Gasteiger charge is 2.40. The summed E-state index contributed by atoms with van der Waals surface area (Å²) < 4.78 is 28.2. The molecule has 1 aliphatic rings. The topological polar surface area (TPSA) is 59.1 Å². The number of rotatable bonds is 4. The Bertz CT molecular complexity index is 731. The number of aromatic nitrogens is 1. The molecule has 6 heteroatoms. The van der Waals surface area contributed by atoms with Gasteiger partial charge in [0.05, 0.1) is 10.4 Å². The molecule has 1 aromatic heterocycles. The van der Waals surface area contributed by atoms with Gasteiger partial charge in [-0.15, -0.1) is 0 Å². The van der Waals surface area contributed by atoms with Gasteiger partial charge in [0.25, 0.3) is 0 Å². The number of fused-ring (bicyclic) bond motifs is 1. The quantitative estimate of drug-likeness (QED) is 0.858. The SMILES string of the molecule is O=S(=O)(NC1(CBr)CCC1)c1cccc2ncccc12. The van der Waals surface area contributed by atoms with Crippen molar-refractivity contribution in [1.29, 1.82) is 0 Å². The number of nitrogens with one attached hydrogen (secondary N) is 1. The van der Waals surface area contributed by atoms with E-state index in [0.717, 1.165) is 19.3 Å². The lowest BCUT2D eigenvalue weighted by Crippen LogP contribution is -2.54. The number of alkyl halides is 1. The monoisotopic (exact) mass is 354 g/mol. The summed E-state index contributed by atoms with van der Waals surface area (Å²) in [6, 6.07) is 8.72. The van der Waals surface area contributed by atoms with Crippen LogP contribution < -0.4 is 4.72 Å². The normalized spacial score (nSPS) is 17.9. The van der Waals surface area contributed by atoms with Crippen LogP contribution in [0.5, 0.6) is 0 Å². The van der Waals surface area contributed by atoms with E-state index in [9.17, 15) is 8.42 Å². The Labute approximate surface area is 126 Å². The van der Waals surface area contributed by atoms with Crippen LogP contribution in [0.4, 0.5) is 0 Å². The summed E-state index contributed by atoms with van der Waals surface area (Å²) in [5, 5.41) is 1.30. The molecule has 0 aliphatic heterocycles. The minimum absolute atomic E-state index is 0.301. The number of sulfonamides is 1. The smallest absolute Gasteiger partial charge is 0.241 e. The van der Waals surface area contributed by atoms with Crippen molar-refractivity contribution in [3.63, 3.8) is 0 Å². The highest BCUT2D eigenvalue weighted by Crippen LogP contribution is 2.35. The van der Waals surface area contributed by atoms with Gasteiger partial charge in [-0.2, -0.15) is 0 Å². The molecule has 1 N–H and O–H groups in total. The molecule has 3 rings (SSSR count). The first kappa shape index (κ1) is 14.0. The highest BCUT2D eigenvalue weighted by molar-refractivity contribution is 9.09. The zero-order valence-corrected chi connectivity index (χ0v) is 13.2. The predicted octanol–water partition coefficient (Wildman–Crippen LogP) is 2.83. The Hall–Kier alpha value is -0.980. The van der Waals surface area contributed by atoms with Crippen molar-refractivity contribution in [2.75, 3.05) is 5.33 Å². The van der Waals surface area contributed by atoms with Crippen molar-refractivity contribution >= 4 is 36.9 Å². The summed E-state index contributed by atoms with van der Waals surface area (Å²) in [6.45, 7) is 0. The lowest BCUT2D eigenvalue weighted by Gasteiger charge is -2.40. The van der Waals surface area contributed by atoms with Crippen LogP contribution in [0.15, 0.2) is 41.4 Å². The third-order valence-electron chi connectivity index (χ3n) is 3.81. The summed E-state index contributed by atoms with van der Waals surface area (Å²) in [6.07, 6.45) is 4.48. The minimum Gasteiger partial charge on any atom is -0.256 e. The highest BCUT2D eigenvalue weighted by atomic mass is 79.9. The van der Waals surface area contributed by atoms with Crippen LogP contribution >= 0.6 is 15.9 Å². The largest absolute Gasteiger partial charge is 0.256 e. The van der Waals surface area contributed by atoms with Gasteiger partial charge in [0.1, 0.15) is 0 Å². The first-order valence-corrected chi connectivity index (χ1v) is 9.11. The second-order valence-electron chi connectivity index (χ2n) is 5.20. The molecule has 106 valence electrons. The molecule has 0 atom stereocenters. The molecule has 0 bridgehead atoms. The van der Waals surface area contributed by atoms with Gasteiger partial charge in [-0.3, -0.25) is 4.98 Å². The Morgan fingerprint density at radius 3 is 2.70 bits per heavy atom. The molecule has 1 heterocycles. The third kappa shape index (κ3) is 2.36. The molecule has 20 heavy (non-hydrogen) atoms. The maximum atomic E-state index is 12.7. The van der Waals surface area contributed by atoms with Crippen molar-refractivity contribution in [2.24, 2.45) is 0 Å². The van der Waals surface area contributed by atoms with E-state index in [1.807, 2.05) is 6.07 Å². The van der Waals surface area contributed by atoms with Crippen molar-refractivity contribution < 1.29 is 8.42 Å². The van der Waals surface area contributed by atoms with E-state index in [1.165, 1.54) is 0 Å². The van der Waals surface area contributed by atoms with Crippen LogP contribution in [0.25, 0.3) is 10.9 Å². The van der Waals surface area contributed by atoms with E-state index in [4.69, 9.17) is 0 Å². The molecular weight excluding hydrogens is 340 g/mol. The number of halogens is 1. The van der Waals surface area contributed by atoms with Gasteiger partial charge in [0, 0.05) is 22.5 Å². The van der Waals surface area contributed by atoms with Crippen LogP contribution in [0.3, 0.4) is 0 Å². The van der Waals surface area contributed by atoms with Gasteiger partial charge in [-0.05, 0) is 43.5 Å². The average molecular weight is 355 g/mol. The number of hydrogen-bond donors (Lipinski definition) is 1. The fourth-order valence-corrected chi connectivity index (χ4v) is 5.08. The average Bonchev–Trinajstić information content (AvgIpc) is 2.42. The van der Waals surface area contributed by atoms with Gasteiger partial charge in [-0.25, -0.2) is 13.1 Å². The molecule has 0 amide bonds. The van der Waals surface area contributed by atoms with E-state index >= 15 is 0 Å². The molecule has 4 nitrogen and oxygen atoms in total. The van der Waals surface area contributed by atoms with E-state index < -0.39 is 10.0 Å². The molecule has 1 fully saturated rings. The van der Waals surface area contributed by atoms with Crippen molar-refractivity contribution in [3.05, 3.63) is 36.5 Å². The Morgan fingerprint density at radius 1 is 1.25 bits per heavy atom. The first-order chi connectivity index (χ1) is 9.56. The number of nitrogens with zero attached hydrogens (tertiary/aromatic N) is 1. The van der Waals surface area contributed by atoms with Crippen LogP contribution in [-0.4, -0.2) is 24.3 Å². The first-order valence-electron chi connectivity index (χ1n) is 6.50. The molecule has 0 radical (unpaired) electrons. The zero-order valence-electron chi connectivity index (χ0n) is 10.8. The number of pyridine rings is 1. The maximum absolute atomic E-state index is 12.7. The van der Waals surface area contributed by atoms with Crippen LogP contribution in [0, 0.1) is 0 Å². The van der Waals surface area contributed by atoms with Gasteiger partial charge in [0.15, 0.2) is 0 Å². The summed E-state index contributed by atoms with van der Waals surface area (Å²) >= 11 is 3.42. The summed E-state index contributed by atoms with van der Waals surface area (Å²) in [5.41, 5.74) is 0.361. The fraction of sp³-hybridized carbons (Fsp3) is 0.357. The van der Waals surface area contributed by atoms with Gasteiger partial charge >= 0.3 is 0 Å². The summed E-state index contributed by atoms with van der Waals surface area (Å²) in [5.74, 6) is 0. The van der Waals surface area contributed by atoms with E-state index in [2.05, 4.69) is 25.6 Å². The number of benzene rings is 1. The van der Waals surface area contributed by atoms with Gasteiger partial charge < -0.3 is 0 Å². The molecule has 0 unspecified atom stereocenters. The summed E-state index contributed by atoms with van der Waals surface area (Å²) in [4.78, 5) is 4.51. The lowest BCUT2D eigenvalue weighted by atomic mass is 9.80. The maximum Gasteiger partial charge on any atom is 0.241 e. The Kier molecular flexibility index (Phi) is 3.56. The predicted molar refractivity (Wildman–Crippen MR) is 82.4 cm³/mol. The van der Waals surface area contributed by atoms with Crippen LogP contribution in [-0.2, 0) is 10.0 Å². The van der Waals surface area contributed by atoms with Gasteiger partial charge in [0.2, 0.25) is 10.0 Å². The van der Waals surface area contributed by atoms with Crippen molar-refractivity contribution in [2.45, 2.75) is 29.7 Å². The van der Waals surface area contributed by atoms with Crippen LogP contribution in [0.1, 0.15) is 19.3 Å². The van der Waals surface area contributed by atoms with Crippen LogP contribution in [0.2, 0.25) is 0 Å². The van der Waals surface area contributed by atoms with E-state index in [0.29, 0.717) is 21.1 Å². The third-order valence-corrected chi connectivity index (χ3v) is 6.52. The van der Waals surface area contributed by atoms with Crippen molar-refractivity contribution in [3.8, 4) is 0 Å². The second kappa shape index (κ2) is 5.09. The molecule has 2 aromatic rings. The Balaban J connectivity index is 2.05. The molecule has 1 saturated carbocycles. The summed E-state index contributed by atoms with van der Waals surface area (Å²) in [7, 11) is -3.54. The minimum atomic E-state index is -3.54. The standard InChI is InChI=1S/C14H15BrN2O2S/c15-10-14(7-3-8-14)17-20(18,19)13-6-1-5-12-11(13)4-2-9-16-12/h1-2,4-6,9,17H,3,7-8,10H2. The second-order valence-corrected chi connectivity index (χ2v) is 7.41. The molecule has 1 aliphatic carbocycles. The number of hydrogen-bond acceptors (Lipinski definition) is 3. The molecule has 1 aromatic carbocycles.